The van der Waals surface area contributed by atoms with Crippen LogP contribution in [0, 0.1) is 35.1 Å². The number of amides is 2. The molecule has 4 aromatic carbocycles. The molecule has 0 aliphatic carbocycles. The van der Waals surface area contributed by atoms with Crippen molar-refractivity contribution >= 4 is 74.5 Å². The number of para-hydroxylation sites is 4. The molecule has 0 bridgehead atoms. The van der Waals surface area contributed by atoms with E-state index in [1.165, 1.54) is 0 Å². The second kappa shape index (κ2) is 24.8. The molecule has 2 heterocycles. The Morgan fingerprint density at radius 1 is 0.473 bits per heavy atom. The van der Waals surface area contributed by atoms with Crippen molar-refractivity contribution in [2.75, 3.05) is 24.9 Å². The molecule has 74 heavy (non-hydrogen) atoms. The van der Waals surface area contributed by atoms with Crippen molar-refractivity contribution in [3.05, 3.63) is 132 Å². The third-order valence-corrected chi connectivity index (χ3v) is 11.6. The lowest BCUT2D eigenvalue weighted by atomic mass is 9.92. The van der Waals surface area contributed by atoms with Gasteiger partial charge in [-0.15, -0.1) is 0 Å². The Kier molecular flexibility index (Phi) is 18.3. The fourth-order valence-electron chi connectivity index (χ4n) is 7.59. The number of fused-ring (bicyclic) bond motifs is 2. The van der Waals surface area contributed by atoms with Crippen molar-refractivity contribution in [2.24, 2.45) is 11.8 Å². The van der Waals surface area contributed by atoms with Crippen LogP contribution in [-0.4, -0.2) is 102 Å². The number of esters is 2. The Morgan fingerprint density at radius 2 is 0.824 bits per heavy atom. The molecule has 0 radical (unpaired) electrons. The van der Waals surface area contributed by atoms with Gasteiger partial charge in [-0.3, -0.25) is 33.6 Å². The van der Waals surface area contributed by atoms with E-state index in [1.54, 1.807) is 88.4 Å². The zero-order valence-electron chi connectivity index (χ0n) is 40.8. The van der Waals surface area contributed by atoms with Gasteiger partial charge in [-0.2, -0.15) is 0 Å². The molecule has 2 aromatic heterocycles. The number of rotatable bonds is 24. The molecule has 6 rings (SSSR count). The lowest BCUT2D eigenvalue weighted by Gasteiger charge is -2.30. The zero-order valence-corrected chi connectivity index (χ0v) is 40.8. The van der Waals surface area contributed by atoms with Gasteiger partial charge >= 0.3 is 11.9 Å². The van der Waals surface area contributed by atoms with E-state index in [0.717, 1.165) is 37.1 Å². The van der Waals surface area contributed by atoms with Gasteiger partial charge in [0.1, 0.15) is 35.8 Å². The smallest absolute Gasteiger partial charge is 0.308 e. The van der Waals surface area contributed by atoms with Crippen LogP contribution < -0.4 is 30.7 Å². The molecule has 0 aliphatic rings. The molecule has 2 amide bonds. The third-order valence-electron chi connectivity index (χ3n) is 11.6. The minimum absolute atomic E-state index is 0.216. The number of methoxy groups -OCH3 is 2. The lowest BCUT2D eigenvalue weighted by molar-refractivity contribution is -0.152. The topological polar surface area (TPSA) is 230 Å². The molecule has 0 fully saturated rings. The van der Waals surface area contributed by atoms with Crippen LogP contribution in [-0.2, 0) is 43.0 Å². The van der Waals surface area contributed by atoms with E-state index in [2.05, 4.69) is 31.2 Å². The molecule has 6 aromatic rings. The van der Waals surface area contributed by atoms with Gasteiger partial charge in [-0.1, -0.05) is 76.2 Å². The Labute approximate surface area is 421 Å². The lowest BCUT2D eigenvalue weighted by Crippen LogP contribution is -2.59. The van der Waals surface area contributed by atoms with E-state index in [1.807, 2.05) is 12.1 Å². The van der Waals surface area contributed by atoms with Crippen molar-refractivity contribution in [3.63, 3.8) is 0 Å². The molecule has 0 aliphatic heterocycles. The normalized spacial score (nSPS) is 13.7. The van der Waals surface area contributed by atoms with Crippen LogP contribution in [0.15, 0.2) is 109 Å². The fourth-order valence-corrected chi connectivity index (χ4v) is 7.59. The first-order valence-corrected chi connectivity index (χ1v) is 23.1. The van der Waals surface area contributed by atoms with Crippen LogP contribution in [0.4, 0.5) is 29.2 Å². The van der Waals surface area contributed by atoms with Gasteiger partial charge in [0.2, 0.25) is 41.4 Å². The van der Waals surface area contributed by atoms with Crippen LogP contribution in [0.3, 0.4) is 0 Å². The summed E-state index contributed by atoms with van der Waals surface area (Å²) in [7, 11) is 1.87. The SMILES string of the molecule is COC(=O)CC(NC(=O)C(Nc1ccc2ccccc2n1)C(C)C)C(=O)C(Oc1c(F)cccc1F)C(=O)C(Oc1c(F)cccc1F)C(=O)C(CC(=O)OC)NC(=O)C(Nc1ccc2ccccc2n1)C(C)C. The van der Waals surface area contributed by atoms with Crippen LogP contribution >= 0.6 is 0 Å². The average molecular weight is 1030 g/mol. The van der Waals surface area contributed by atoms with E-state index in [9.17, 15) is 28.8 Å². The third kappa shape index (κ3) is 13.5. The van der Waals surface area contributed by atoms with Gasteiger partial charge < -0.3 is 40.2 Å². The molecule has 0 saturated heterocycles. The number of halogens is 4. The number of anilines is 2. The van der Waals surface area contributed by atoms with Crippen LogP contribution in [0.5, 0.6) is 11.5 Å². The Hall–Kier alpha value is -8.49. The van der Waals surface area contributed by atoms with Crippen LogP contribution in [0.2, 0.25) is 0 Å². The number of carbonyl (C=O) groups is 7. The molecule has 21 heteroatoms. The van der Waals surface area contributed by atoms with Crippen molar-refractivity contribution in [1.82, 2.24) is 20.6 Å². The largest absolute Gasteiger partial charge is 0.469 e. The second-order valence-electron chi connectivity index (χ2n) is 17.5. The number of hydrogen-bond acceptors (Lipinski definition) is 15. The maximum Gasteiger partial charge on any atom is 0.308 e. The van der Waals surface area contributed by atoms with Gasteiger partial charge in [0.15, 0.2) is 34.8 Å². The number of pyridine rings is 2. The summed E-state index contributed by atoms with van der Waals surface area (Å²) in [6, 6.07) is 18.5. The highest BCUT2D eigenvalue weighted by Crippen LogP contribution is 2.28. The summed E-state index contributed by atoms with van der Waals surface area (Å²) in [5.74, 6) is -19.0. The number of Topliss-reactive ketones (excluding diaryl/α,β-unsaturated/α-hetero) is 3. The Balaban J connectivity index is 1.42. The Bertz CT molecular complexity index is 2830. The first-order chi connectivity index (χ1) is 35.3. The van der Waals surface area contributed by atoms with Gasteiger partial charge in [0.25, 0.3) is 0 Å². The van der Waals surface area contributed by atoms with E-state index >= 15 is 22.4 Å². The number of aromatic nitrogens is 2. The zero-order chi connectivity index (χ0) is 53.8. The predicted molar refractivity (Wildman–Crippen MR) is 262 cm³/mol. The highest BCUT2D eigenvalue weighted by Gasteiger charge is 2.47. The molecular weight excluding hydrogens is 973 g/mol. The van der Waals surface area contributed by atoms with E-state index in [4.69, 9.17) is 18.9 Å². The van der Waals surface area contributed by atoms with Gasteiger partial charge in [0, 0.05) is 10.8 Å². The van der Waals surface area contributed by atoms with Gasteiger partial charge in [-0.05, 0) is 72.5 Å². The number of carbonyl (C=O) groups excluding carboxylic acids is 7. The van der Waals surface area contributed by atoms with Gasteiger partial charge in [0.05, 0.1) is 38.1 Å². The van der Waals surface area contributed by atoms with Crippen molar-refractivity contribution < 1.29 is 70.1 Å². The molecule has 6 atom stereocenters. The quantitative estimate of drug-likeness (QED) is 0.0284. The molecule has 6 unspecified atom stereocenters. The molecule has 17 nitrogen and oxygen atoms in total. The summed E-state index contributed by atoms with van der Waals surface area (Å²) in [5.41, 5.74) is 1.12. The second-order valence-corrected chi connectivity index (χ2v) is 17.5. The van der Waals surface area contributed by atoms with E-state index < -0.39 is 137 Å². The minimum Gasteiger partial charge on any atom is -0.469 e. The van der Waals surface area contributed by atoms with Crippen LogP contribution in [0.1, 0.15) is 40.5 Å². The summed E-state index contributed by atoms with van der Waals surface area (Å²) in [5, 5.41) is 12.2. The molecule has 388 valence electrons. The number of nitrogens with one attached hydrogen (secondary N) is 4. The standard InChI is InChI=1S/C53H52F4N6O11/c1-27(2)43(62-39-23-21-29-13-7-9-19-35(29)58-39)52(69)60-37(25-41(64)71-5)45(66)50(73-48-31(54)15-11-16-32(48)55)47(68)51(74-49-33(56)17-12-18-34(49)57)46(67)38(26-42(65)72-6)61-53(70)44(28(3)4)63-40-24-22-30-14-8-10-20-36(30)59-40/h7-24,27-28,37-38,43-44,50-51H,25-26H2,1-6H3,(H,58,62)(H,59,63)(H,60,69)(H,61,70). The monoisotopic (exact) mass is 1020 g/mol. The highest BCUT2D eigenvalue weighted by atomic mass is 19.1. The fraction of sp³-hybridized carbons (Fsp3) is 0.302. The first kappa shape index (κ1) is 54.8. The average Bonchev–Trinajstić information content (AvgIpc) is 3.37. The maximum absolute atomic E-state index is 15.5. The number of nitrogens with zero attached hydrogens (tertiary/aromatic N) is 2. The summed E-state index contributed by atoms with van der Waals surface area (Å²) in [4.78, 5) is 109. The highest BCUT2D eigenvalue weighted by molar-refractivity contribution is 6.19. The molecular formula is C53H52F4N6O11. The Morgan fingerprint density at radius 3 is 1.16 bits per heavy atom. The number of benzene rings is 4. The first-order valence-electron chi connectivity index (χ1n) is 23.1. The van der Waals surface area contributed by atoms with Gasteiger partial charge in [-0.25, -0.2) is 27.5 Å². The number of ether oxygens (including phenoxy) is 4. The van der Waals surface area contributed by atoms with Crippen LogP contribution in [0.25, 0.3) is 21.8 Å². The summed E-state index contributed by atoms with van der Waals surface area (Å²) in [6.45, 7) is 6.52. The number of ketones is 3. The molecule has 4 N–H and O–H groups in total. The van der Waals surface area contributed by atoms with E-state index in [0.29, 0.717) is 35.3 Å². The van der Waals surface area contributed by atoms with Crippen molar-refractivity contribution in [2.45, 2.75) is 76.9 Å². The minimum atomic E-state index is -2.99. The summed E-state index contributed by atoms with van der Waals surface area (Å²) < 4.78 is 82.5. The van der Waals surface area contributed by atoms with Crippen molar-refractivity contribution in [1.29, 1.82) is 0 Å². The summed E-state index contributed by atoms with van der Waals surface area (Å²) >= 11 is 0. The number of hydrogen-bond donors (Lipinski definition) is 4. The van der Waals surface area contributed by atoms with Crippen molar-refractivity contribution in [3.8, 4) is 11.5 Å². The maximum atomic E-state index is 15.5. The van der Waals surface area contributed by atoms with E-state index in [-0.39, 0.29) is 11.6 Å². The predicted octanol–water partition coefficient (Wildman–Crippen LogP) is 6.61. The summed E-state index contributed by atoms with van der Waals surface area (Å²) in [6.07, 6.45) is -8.12. The molecule has 0 saturated carbocycles. The molecule has 0 spiro atoms.